The van der Waals surface area contributed by atoms with Crippen molar-refractivity contribution in [2.24, 2.45) is 0 Å². The number of likely N-dealkylation sites (N-methyl/N-ethyl adjacent to an activating group) is 1. The first kappa shape index (κ1) is 91.9. The van der Waals surface area contributed by atoms with Gasteiger partial charge in [0.15, 0.2) is 6.10 Å². The average Bonchev–Trinajstić information content (AvgIpc) is 2.54. The van der Waals surface area contributed by atoms with Gasteiger partial charge in [0.1, 0.15) is 19.8 Å². The van der Waals surface area contributed by atoms with Crippen LogP contribution < -0.4 is 0 Å². The average molecular weight is 1360 g/mol. The molecule has 10 heteroatoms. The standard InChI is InChI=1S/C86H148NO8P/c1-6-8-10-12-14-16-18-20-22-24-26-28-30-32-34-36-38-39-40-41-42-43-44-45-46-47-49-51-53-55-57-59-61-63-65-67-69-71-73-75-77-79-86(89)95-84(83-94-96(90,91)93-81-80-87(3,4)5)82-92-85(88)78-76-74-72-70-68-66-64-62-60-58-56-54-52-50-48-37-35-33-31-29-27-25-23-21-19-17-15-13-11-9-7-2/h8,10,14,16,20,22,25-28,32,34,38-39,41-42,44-45,47,49,53,55,59,61,84H,6-7,9,11-13,15,17-19,21,23-24,29-31,33,35-37,40,43,46,48,50-52,54,56-58,60,62-83H2,1-5H3/p+1/b10-8-,16-14-,22-20-,27-25-,28-26-,34-32-,39-38-,42-41-,45-44-,49-47-,55-53-,61-59-. The number of phosphoric ester groups is 1. The van der Waals surface area contributed by atoms with Gasteiger partial charge in [-0.15, -0.1) is 0 Å². The second-order valence-corrected chi connectivity index (χ2v) is 28.8. The summed E-state index contributed by atoms with van der Waals surface area (Å²) in [6.45, 7) is 4.33. The second kappa shape index (κ2) is 75.1. The number of quaternary nitrogens is 1. The van der Waals surface area contributed by atoms with Gasteiger partial charge in [-0.05, 0) is 122 Å². The van der Waals surface area contributed by atoms with Crippen molar-refractivity contribution in [3.63, 3.8) is 0 Å². The molecule has 0 spiro atoms. The molecule has 1 N–H and O–H groups in total. The summed E-state index contributed by atoms with van der Waals surface area (Å²) < 4.78 is 34.8. The molecule has 0 radical (unpaired) electrons. The number of nitrogens with zero attached hydrogens (tertiary/aromatic N) is 1. The molecule has 2 atom stereocenters. The molecule has 9 nitrogen and oxygen atoms in total. The molecule has 96 heavy (non-hydrogen) atoms. The third-order valence-corrected chi connectivity index (χ3v) is 17.8. The third kappa shape index (κ3) is 78.9. The highest BCUT2D eigenvalue weighted by atomic mass is 31.2. The first-order valence-corrected chi connectivity index (χ1v) is 41.1. The van der Waals surface area contributed by atoms with Crippen molar-refractivity contribution in [1.29, 1.82) is 0 Å². The molecule has 0 aromatic carbocycles. The molecule has 0 bridgehead atoms. The number of hydrogen-bond donors (Lipinski definition) is 1. The van der Waals surface area contributed by atoms with Crippen LogP contribution in [0.2, 0.25) is 0 Å². The molecule has 0 rings (SSSR count). The van der Waals surface area contributed by atoms with Crippen LogP contribution in [0.1, 0.15) is 335 Å². The highest BCUT2D eigenvalue weighted by Gasteiger charge is 2.27. The number of esters is 2. The van der Waals surface area contributed by atoms with Crippen molar-refractivity contribution in [1.82, 2.24) is 0 Å². The molecule has 2 unspecified atom stereocenters. The maximum Gasteiger partial charge on any atom is 0.472 e. The van der Waals surface area contributed by atoms with Crippen LogP contribution in [0.4, 0.5) is 0 Å². The van der Waals surface area contributed by atoms with E-state index in [9.17, 15) is 19.0 Å². The Balaban J connectivity index is 4.06. The van der Waals surface area contributed by atoms with Gasteiger partial charge in [-0.2, -0.15) is 0 Å². The quantitative estimate of drug-likeness (QED) is 0.0211. The summed E-state index contributed by atoms with van der Waals surface area (Å²) in [5.41, 5.74) is 0. The van der Waals surface area contributed by atoms with E-state index >= 15 is 0 Å². The van der Waals surface area contributed by atoms with Crippen LogP contribution >= 0.6 is 7.82 Å². The SMILES string of the molecule is CC/C=C\C/C=C\C/C=C\C/C=C\C/C=C\C/C=C\C/C=C\C/C=C\C/C=C\C/C=C\C/C=C\CCCCCCCCCC(=O)OC(COC(=O)CCCCCCCCCCCCCCCCCCCCC/C=C\CCCCCCCCCC)COP(=O)(O)OCC[N+](C)(C)C. The van der Waals surface area contributed by atoms with Crippen LogP contribution in [-0.4, -0.2) is 74.9 Å². The highest BCUT2D eigenvalue weighted by molar-refractivity contribution is 7.47. The second-order valence-electron chi connectivity index (χ2n) is 27.4. The van der Waals surface area contributed by atoms with Crippen LogP contribution in [0, 0.1) is 0 Å². The zero-order valence-corrected chi connectivity index (χ0v) is 63.7. The molecule has 550 valence electrons. The largest absolute Gasteiger partial charge is 0.472 e. The number of carbonyl (C=O) groups is 2. The zero-order valence-electron chi connectivity index (χ0n) is 62.8. The number of ether oxygens (including phenoxy) is 2. The molecule has 0 aromatic rings. The van der Waals surface area contributed by atoms with E-state index in [1.165, 1.54) is 186 Å². The van der Waals surface area contributed by atoms with E-state index in [1.807, 2.05) is 21.1 Å². The molecule has 0 aliphatic heterocycles. The molecule has 0 saturated heterocycles. The number of hydrogen-bond acceptors (Lipinski definition) is 7. The minimum atomic E-state index is -4.41. The van der Waals surface area contributed by atoms with E-state index in [-0.39, 0.29) is 32.0 Å². The lowest BCUT2D eigenvalue weighted by Gasteiger charge is -2.24. The molecule has 0 saturated carbocycles. The van der Waals surface area contributed by atoms with Gasteiger partial charge in [0, 0.05) is 12.8 Å². The summed E-state index contributed by atoms with van der Waals surface area (Å²) >= 11 is 0. The normalized spacial score (nSPS) is 13.9. The van der Waals surface area contributed by atoms with Crippen molar-refractivity contribution in [3.8, 4) is 0 Å². The van der Waals surface area contributed by atoms with E-state index < -0.39 is 26.5 Å². The predicted molar refractivity (Wildman–Crippen MR) is 417 cm³/mol. The number of unbranched alkanes of at least 4 members (excludes halogenated alkanes) is 34. The summed E-state index contributed by atoms with van der Waals surface area (Å²) in [5.74, 6) is -0.806. The highest BCUT2D eigenvalue weighted by Crippen LogP contribution is 2.43. The van der Waals surface area contributed by atoms with Gasteiger partial charge in [-0.3, -0.25) is 18.6 Å². The lowest BCUT2D eigenvalue weighted by Crippen LogP contribution is -2.37. The fourth-order valence-electron chi connectivity index (χ4n) is 10.8. The van der Waals surface area contributed by atoms with Crippen molar-refractivity contribution < 1.29 is 42.1 Å². The molecular weight excluding hydrogens is 1210 g/mol. The Morgan fingerprint density at radius 1 is 0.333 bits per heavy atom. The van der Waals surface area contributed by atoms with Crippen molar-refractivity contribution >= 4 is 19.8 Å². The Hall–Kier alpha value is -4.11. The predicted octanol–water partition coefficient (Wildman–Crippen LogP) is 26.5. The van der Waals surface area contributed by atoms with E-state index in [0.717, 1.165) is 116 Å². The maximum absolute atomic E-state index is 12.9. The van der Waals surface area contributed by atoms with Crippen molar-refractivity contribution in [2.45, 2.75) is 341 Å². The molecule has 0 aliphatic carbocycles. The molecule has 0 aliphatic rings. The van der Waals surface area contributed by atoms with E-state index in [1.54, 1.807) is 0 Å². The van der Waals surface area contributed by atoms with Crippen LogP contribution in [0.15, 0.2) is 146 Å². The van der Waals surface area contributed by atoms with E-state index in [2.05, 4.69) is 160 Å². The zero-order chi connectivity index (χ0) is 69.7. The fourth-order valence-corrected chi connectivity index (χ4v) is 11.6. The Morgan fingerprint density at radius 2 is 0.594 bits per heavy atom. The summed E-state index contributed by atoms with van der Waals surface area (Å²) in [4.78, 5) is 36.0. The van der Waals surface area contributed by atoms with Crippen LogP contribution in [0.5, 0.6) is 0 Å². The Kier molecular flexibility index (Phi) is 71.9. The van der Waals surface area contributed by atoms with Gasteiger partial charge in [0.2, 0.25) is 0 Å². The van der Waals surface area contributed by atoms with Crippen LogP contribution in [0.25, 0.3) is 0 Å². The molecule has 0 amide bonds. The van der Waals surface area contributed by atoms with Crippen LogP contribution in [0.3, 0.4) is 0 Å². The first-order valence-electron chi connectivity index (χ1n) is 39.6. The Labute approximate surface area is 593 Å². The van der Waals surface area contributed by atoms with Gasteiger partial charge in [0.25, 0.3) is 0 Å². The minimum Gasteiger partial charge on any atom is -0.462 e. The lowest BCUT2D eigenvalue weighted by molar-refractivity contribution is -0.870. The molecule has 0 heterocycles. The van der Waals surface area contributed by atoms with Crippen molar-refractivity contribution in [3.05, 3.63) is 146 Å². The smallest absolute Gasteiger partial charge is 0.462 e. The Morgan fingerprint density at radius 3 is 0.896 bits per heavy atom. The first-order chi connectivity index (χ1) is 47.0. The molecular formula is C86H149NO8P+. The third-order valence-electron chi connectivity index (χ3n) is 16.9. The lowest BCUT2D eigenvalue weighted by atomic mass is 10.0. The molecule has 0 fully saturated rings. The topological polar surface area (TPSA) is 108 Å². The van der Waals surface area contributed by atoms with E-state index in [4.69, 9.17) is 18.5 Å². The van der Waals surface area contributed by atoms with Gasteiger partial charge in [-0.25, -0.2) is 4.57 Å². The van der Waals surface area contributed by atoms with Gasteiger partial charge < -0.3 is 18.9 Å². The summed E-state index contributed by atoms with van der Waals surface area (Å²) in [7, 11) is 1.46. The summed E-state index contributed by atoms with van der Waals surface area (Å²) in [5, 5.41) is 0. The van der Waals surface area contributed by atoms with Gasteiger partial charge in [-0.1, -0.05) is 346 Å². The maximum atomic E-state index is 12.9. The van der Waals surface area contributed by atoms with Gasteiger partial charge in [0.05, 0.1) is 27.7 Å². The number of rotatable bonds is 72. The minimum absolute atomic E-state index is 0.0240. The fraction of sp³-hybridized carbons (Fsp3) is 0.698. The number of carbonyl (C=O) groups excluding carboxylic acids is 2. The summed E-state index contributed by atoms with van der Waals surface area (Å²) in [6.07, 6.45) is 111. The number of allylic oxidation sites excluding steroid dienone is 24. The molecule has 0 aromatic heterocycles. The Bertz CT molecular complexity index is 2140. The van der Waals surface area contributed by atoms with E-state index in [0.29, 0.717) is 17.4 Å². The summed E-state index contributed by atoms with van der Waals surface area (Å²) in [6, 6.07) is 0. The number of phosphoric acid groups is 1. The van der Waals surface area contributed by atoms with Gasteiger partial charge >= 0.3 is 19.8 Å². The van der Waals surface area contributed by atoms with Crippen LogP contribution in [-0.2, 0) is 32.7 Å². The monoisotopic (exact) mass is 1360 g/mol. The van der Waals surface area contributed by atoms with Crippen molar-refractivity contribution in [2.75, 3.05) is 47.5 Å².